The fourth-order valence-corrected chi connectivity index (χ4v) is 3.12. The van der Waals surface area contributed by atoms with Crippen LogP contribution in [0.25, 0.3) is 0 Å². The van der Waals surface area contributed by atoms with E-state index in [4.69, 9.17) is 14.2 Å². The number of carbonyl (C=O) groups excluding carboxylic acids is 2. The second-order valence-corrected chi connectivity index (χ2v) is 6.60. The fourth-order valence-electron chi connectivity index (χ4n) is 3.12. The molecule has 10 nitrogen and oxygen atoms in total. The summed E-state index contributed by atoms with van der Waals surface area (Å²) in [4.78, 5) is 35.1. The number of nitro groups is 1. The first-order valence-electron chi connectivity index (χ1n) is 9.48. The van der Waals surface area contributed by atoms with Gasteiger partial charge in [-0.2, -0.15) is 8.78 Å². The zero-order valence-corrected chi connectivity index (χ0v) is 17.7. The summed E-state index contributed by atoms with van der Waals surface area (Å²) in [5.41, 5.74) is -0.154. The van der Waals surface area contributed by atoms with Gasteiger partial charge in [0.1, 0.15) is 17.4 Å². The Morgan fingerprint density at radius 1 is 1.22 bits per heavy atom. The Hall–Kier alpha value is -3.70. The molecule has 1 aromatic rings. The monoisotopic (exact) mass is 456 g/mol. The smallest absolute Gasteiger partial charge is 0.463 e. The van der Waals surface area contributed by atoms with Crippen molar-refractivity contribution < 1.29 is 42.2 Å². The van der Waals surface area contributed by atoms with Crippen LogP contribution in [0.15, 0.2) is 47.1 Å². The standard InChI is InChI=1S/C20H22F2N2O8/c1-5-29-18(25)12(4)30-20(26)32-17-11(3)23-10(2)16(24(27)28)15(17)13-8-6-7-9-14(13)31-19(21)22/h6-9,12,15,19,23H,5H2,1-4H3. The summed E-state index contributed by atoms with van der Waals surface area (Å²) >= 11 is 0. The molecule has 1 N–H and O–H groups in total. The van der Waals surface area contributed by atoms with Crippen LogP contribution in [0, 0.1) is 10.1 Å². The van der Waals surface area contributed by atoms with Crippen molar-refractivity contribution in [2.45, 2.75) is 46.3 Å². The number of dihydropyridines is 1. The Kier molecular flexibility index (Phi) is 8.10. The van der Waals surface area contributed by atoms with Crippen molar-refractivity contribution in [3.63, 3.8) is 0 Å². The highest BCUT2D eigenvalue weighted by atomic mass is 19.3. The van der Waals surface area contributed by atoms with Crippen LogP contribution in [0.5, 0.6) is 5.75 Å². The second kappa shape index (κ2) is 10.6. The quantitative estimate of drug-likeness (QED) is 0.353. The molecule has 1 heterocycles. The van der Waals surface area contributed by atoms with E-state index in [2.05, 4.69) is 10.1 Å². The normalized spacial score (nSPS) is 16.9. The lowest BCUT2D eigenvalue weighted by molar-refractivity contribution is -0.431. The molecule has 1 aromatic carbocycles. The number of para-hydroxylation sites is 1. The number of esters is 1. The summed E-state index contributed by atoms with van der Waals surface area (Å²) in [6.45, 7) is 2.60. The maximum absolute atomic E-state index is 12.9. The SMILES string of the molecule is CCOC(=O)C(C)OC(=O)OC1=C(C)NC(C)=C([N+](=O)[O-])C1c1ccccc1OC(F)F. The van der Waals surface area contributed by atoms with Crippen molar-refractivity contribution in [1.82, 2.24) is 5.32 Å². The van der Waals surface area contributed by atoms with Gasteiger partial charge in [0.25, 0.3) is 5.70 Å². The molecule has 0 saturated carbocycles. The van der Waals surface area contributed by atoms with Gasteiger partial charge in [0.2, 0.25) is 0 Å². The minimum atomic E-state index is -3.19. The molecule has 0 radical (unpaired) electrons. The van der Waals surface area contributed by atoms with Gasteiger partial charge in [0.05, 0.1) is 22.9 Å². The summed E-state index contributed by atoms with van der Waals surface area (Å²) in [7, 11) is 0. The van der Waals surface area contributed by atoms with E-state index in [1.54, 1.807) is 6.92 Å². The molecule has 2 unspecified atom stereocenters. The highest BCUT2D eigenvalue weighted by molar-refractivity contribution is 5.77. The number of alkyl halides is 2. The topological polar surface area (TPSA) is 126 Å². The number of ether oxygens (including phenoxy) is 4. The summed E-state index contributed by atoms with van der Waals surface area (Å²) in [6, 6.07) is 5.44. The molecule has 0 saturated heterocycles. The van der Waals surface area contributed by atoms with Gasteiger partial charge in [-0.05, 0) is 33.8 Å². The van der Waals surface area contributed by atoms with Crippen molar-refractivity contribution in [2.24, 2.45) is 0 Å². The molecule has 2 rings (SSSR count). The van der Waals surface area contributed by atoms with Crippen LogP contribution in [0.2, 0.25) is 0 Å². The van der Waals surface area contributed by atoms with Crippen molar-refractivity contribution in [2.75, 3.05) is 6.61 Å². The minimum absolute atomic E-state index is 0.0269. The molecular formula is C20H22F2N2O8. The molecule has 0 spiro atoms. The van der Waals surface area contributed by atoms with Crippen LogP contribution in [0.4, 0.5) is 13.6 Å². The van der Waals surface area contributed by atoms with Crippen LogP contribution < -0.4 is 10.1 Å². The van der Waals surface area contributed by atoms with E-state index in [1.165, 1.54) is 45.0 Å². The van der Waals surface area contributed by atoms with Gasteiger partial charge in [-0.1, -0.05) is 18.2 Å². The third kappa shape index (κ3) is 5.71. The number of rotatable bonds is 8. The summed E-state index contributed by atoms with van der Waals surface area (Å²) in [5, 5.41) is 14.5. The molecule has 1 aliphatic rings. The minimum Gasteiger partial charge on any atom is -0.463 e. The van der Waals surface area contributed by atoms with Crippen LogP contribution in [-0.2, 0) is 19.0 Å². The number of allylic oxidation sites excluding steroid dienone is 2. The molecule has 32 heavy (non-hydrogen) atoms. The summed E-state index contributed by atoms with van der Waals surface area (Å²) in [5.74, 6) is -2.80. The van der Waals surface area contributed by atoms with E-state index >= 15 is 0 Å². The third-order valence-electron chi connectivity index (χ3n) is 4.39. The van der Waals surface area contributed by atoms with Crippen molar-refractivity contribution in [1.29, 1.82) is 0 Å². The first-order valence-corrected chi connectivity index (χ1v) is 9.48. The molecule has 1 aliphatic heterocycles. The Morgan fingerprint density at radius 3 is 2.47 bits per heavy atom. The van der Waals surface area contributed by atoms with Crippen LogP contribution >= 0.6 is 0 Å². The lowest BCUT2D eigenvalue weighted by Gasteiger charge is -2.27. The molecule has 0 fully saturated rings. The number of hydrogen-bond acceptors (Lipinski definition) is 9. The highest BCUT2D eigenvalue weighted by Gasteiger charge is 2.42. The predicted molar refractivity (Wildman–Crippen MR) is 105 cm³/mol. The molecule has 174 valence electrons. The van der Waals surface area contributed by atoms with E-state index in [1.807, 2.05) is 0 Å². The summed E-state index contributed by atoms with van der Waals surface area (Å²) < 4.78 is 45.2. The zero-order chi connectivity index (χ0) is 24.0. The van der Waals surface area contributed by atoms with Gasteiger partial charge in [-0.15, -0.1) is 0 Å². The van der Waals surface area contributed by atoms with Crippen LogP contribution in [0.3, 0.4) is 0 Å². The van der Waals surface area contributed by atoms with Crippen LogP contribution in [-0.4, -0.2) is 36.4 Å². The maximum Gasteiger partial charge on any atom is 0.514 e. The molecule has 0 amide bonds. The average Bonchev–Trinajstić information content (AvgIpc) is 2.69. The number of hydrogen-bond donors (Lipinski definition) is 1. The fraction of sp³-hybridized carbons (Fsp3) is 0.400. The van der Waals surface area contributed by atoms with Gasteiger partial charge in [0, 0.05) is 5.56 Å². The van der Waals surface area contributed by atoms with E-state index in [0.717, 1.165) is 0 Å². The van der Waals surface area contributed by atoms with Gasteiger partial charge in [-0.25, -0.2) is 9.59 Å². The molecule has 2 atom stereocenters. The molecule has 0 aromatic heterocycles. The number of carbonyl (C=O) groups is 2. The largest absolute Gasteiger partial charge is 0.514 e. The van der Waals surface area contributed by atoms with Crippen molar-refractivity contribution >= 4 is 12.1 Å². The molecule has 0 aliphatic carbocycles. The lowest BCUT2D eigenvalue weighted by atomic mass is 9.89. The van der Waals surface area contributed by atoms with E-state index in [-0.39, 0.29) is 35.1 Å². The molecular weight excluding hydrogens is 434 g/mol. The Morgan fingerprint density at radius 2 is 1.88 bits per heavy atom. The van der Waals surface area contributed by atoms with Gasteiger partial charge in [0.15, 0.2) is 6.10 Å². The molecule has 0 bridgehead atoms. The maximum atomic E-state index is 12.9. The third-order valence-corrected chi connectivity index (χ3v) is 4.39. The van der Waals surface area contributed by atoms with Gasteiger partial charge >= 0.3 is 18.7 Å². The van der Waals surface area contributed by atoms with Gasteiger partial charge in [-0.3, -0.25) is 10.1 Å². The lowest BCUT2D eigenvalue weighted by Crippen LogP contribution is -2.32. The number of benzene rings is 1. The van der Waals surface area contributed by atoms with Crippen molar-refractivity contribution in [3.8, 4) is 5.75 Å². The Balaban J connectivity index is 2.47. The predicted octanol–water partition coefficient (Wildman–Crippen LogP) is 3.82. The number of nitrogens with zero attached hydrogens (tertiary/aromatic N) is 1. The Bertz CT molecular complexity index is 961. The second-order valence-electron chi connectivity index (χ2n) is 6.60. The first kappa shape index (κ1) is 24.6. The highest BCUT2D eigenvalue weighted by Crippen LogP contribution is 2.42. The van der Waals surface area contributed by atoms with Gasteiger partial charge < -0.3 is 24.3 Å². The molecule has 12 heteroatoms. The first-order chi connectivity index (χ1) is 15.1. The summed E-state index contributed by atoms with van der Waals surface area (Å²) in [6.07, 6.45) is -2.64. The average molecular weight is 456 g/mol. The van der Waals surface area contributed by atoms with E-state index < -0.39 is 41.4 Å². The van der Waals surface area contributed by atoms with E-state index in [9.17, 15) is 28.5 Å². The number of nitrogens with one attached hydrogen (secondary N) is 1. The Labute approximate surface area is 181 Å². The van der Waals surface area contributed by atoms with Crippen molar-refractivity contribution in [3.05, 3.63) is 62.8 Å². The van der Waals surface area contributed by atoms with E-state index in [0.29, 0.717) is 0 Å². The zero-order valence-electron chi connectivity index (χ0n) is 17.7. The number of halogens is 2. The van der Waals surface area contributed by atoms with Crippen LogP contribution in [0.1, 0.15) is 39.2 Å².